The number of hydrogen-bond acceptors (Lipinski definition) is 7. The van der Waals surface area contributed by atoms with E-state index in [-0.39, 0.29) is 41.7 Å². The molecule has 1 aromatic carbocycles. The SMILES string of the molecule is CCOc1cc([N+](=O)[O-])c(C(=O)O[C@@H](C)C(=O)N(C(C)C)C(C)C)cc1OC. The van der Waals surface area contributed by atoms with Gasteiger partial charge in [-0.05, 0) is 41.5 Å². The van der Waals surface area contributed by atoms with Crippen LogP contribution >= 0.6 is 0 Å². The van der Waals surface area contributed by atoms with E-state index in [1.54, 1.807) is 11.8 Å². The van der Waals surface area contributed by atoms with E-state index in [4.69, 9.17) is 14.2 Å². The fraction of sp³-hybridized carbons (Fsp3) is 0.579. The van der Waals surface area contributed by atoms with Crippen LogP contribution < -0.4 is 9.47 Å². The van der Waals surface area contributed by atoms with Crippen molar-refractivity contribution in [2.24, 2.45) is 0 Å². The van der Waals surface area contributed by atoms with Crippen LogP contribution in [-0.2, 0) is 9.53 Å². The van der Waals surface area contributed by atoms with Crippen LogP contribution in [0.4, 0.5) is 5.69 Å². The lowest BCUT2D eigenvalue weighted by molar-refractivity contribution is -0.385. The predicted molar refractivity (Wildman–Crippen MR) is 103 cm³/mol. The molecule has 0 N–H and O–H groups in total. The van der Waals surface area contributed by atoms with Gasteiger partial charge in [-0.1, -0.05) is 0 Å². The molecule has 1 amide bonds. The Morgan fingerprint density at radius 1 is 1.11 bits per heavy atom. The van der Waals surface area contributed by atoms with E-state index in [9.17, 15) is 19.7 Å². The Bertz CT molecular complexity index is 723. The van der Waals surface area contributed by atoms with Gasteiger partial charge < -0.3 is 19.1 Å². The molecule has 1 aromatic rings. The predicted octanol–water partition coefficient (Wildman–Crippen LogP) is 3.19. The number of methoxy groups -OCH3 is 1. The summed E-state index contributed by atoms with van der Waals surface area (Å²) in [6.45, 7) is 10.8. The van der Waals surface area contributed by atoms with Crippen LogP contribution in [0.3, 0.4) is 0 Å². The molecule has 28 heavy (non-hydrogen) atoms. The zero-order valence-corrected chi connectivity index (χ0v) is 17.3. The van der Waals surface area contributed by atoms with Gasteiger partial charge in [0.05, 0.1) is 24.7 Å². The molecule has 0 aliphatic heterocycles. The van der Waals surface area contributed by atoms with Crippen molar-refractivity contribution in [3.8, 4) is 11.5 Å². The molecule has 0 unspecified atom stereocenters. The van der Waals surface area contributed by atoms with Gasteiger partial charge >= 0.3 is 5.97 Å². The molecular formula is C19H28N2O7. The third-order valence-corrected chi connectivity index (χ3v) is 4.00. The molecule has 0 aromatic heterocycles. The molecule has 156 valence electrons. The molecule has 0 saturated carbocycles. The first-order valence-corrected chi connectivity index (χ1v) is 9.07. The zero-order chi connectivity index (χ0) is 21.6. The number of rotatable bonds is 9. The minimum Gasteiger partial charge on any atom is -0.493 e. The second-order valence-corrected chi connectivity index (χ2v) is 6.69. The van der Waals surface area contributed by atoms with Gasteiger partial charge in [-0.3, -0.25) is 14.9 Å². The summed E-state index contributed by atoms with van der Waals surface area (Å²) < 4.78 is 15.7. The second-order valence-electron chi connectivity index (χ2n) is 6.69. The zero-order valence-electron chi connectivity index (χ0n) is 17.3. The number of hydrogen-bond donors (Lipinski definition) is 0. The molecule has 0 fully saturated rings. The highest BCUT2D eigenvalue weighted by molar-refractivity contribution is 5.96. The van der Waals surface area contributed by atoms with Gasteiger partial charge in [-0.2, -0.15) is 0 Å². The van der Waals surface area contributed by atoms with E-state index in [1.165, 1.54) is 20.1 Å². The monoisotopic (exact) mass is 396 g/mol. The molecule has 0 heterocycles. The summed E-state index contributed by atoms with van der Waals surface area (Å²) in [5, 5.41) is 11.4. The summed E-state index contributed by atoms with van der Waals surface area (Å²) in [6, 6.07) is 2.12. The summed E-state index contributed by atoms with van der Waals surface area (Å²) >= 11 is 0. The van der Waals surface area contributed by atoms with E-state index >= 15 is 0 Å². The molecule has 0 saturated heterocycles. The number of amides is 1. The molecular weight excluding hydrogens is 368 g/mol. The number of carbonyl (C=O) groups is 2. The topological polar surface area (TPSA) is 108 Å². The van der Waals surface area contributed by atoms with Crippen molar-refractivity contribution in [3.05, 3.63) is 27.8 Å². The van der Waals surface area contributed by atoms with E-state index in [0.717, 1.165) is 6.07 Å². The van der Waals surface area contributed by atoms with Crippen molar-refractivity contribution in [3.63, 3.8) is 0 Å². The lowest BCUT2D eigenvalue weighted by Gasteiger charge is -2.32. The fourth-order valence-electron chi connectivity index (χ4n) is 2.88. The van der Waals surface area contributed by atoms with E-state index < -0.39 is 22.7 Å². The minimum atomic E-state index is -1.10. The van der Waals surface area contributed by atoms with Crippen molar-refractivity contribution >= 4 is 17.6 Å². The number of esters is 1. The van der Waals surface area contributed by atoms with Crippen molar-refractivity contribution in [1.29, 1.82) is 0 Å². The van der Waals surface area contributed by atoms with Gasteiger partial charge in [0.1, 0.15) is 5.56 Å². The molecule has 1 atom stereocenters. The molecule has 0 spiro atoms. The van der Waals surface area contributed by atoms with Crippen LogP contribution in [0.1, 0.15) is 51.9 Å². The standard InChI is InChI=1S/C19H28N2O7/c1-8-27-17-10-15(21(24)25)14(9-16(17)26-7)19(23)28-13(6)18(22)20(11(2)3)12(4)5/h9-13H,8H2,1-7H3/t13-/m0/s1. The summed E-state index contributed by atoms with van der Waals surface area (Å²) in [5.74, 6) is -1.06. The Morgan fingerprint density at radius 2 is 1.68 bits per heavy atom. The second kappa shape index (κ2) is 9.91. The number of nitrogens with zero attached hydrogens (tertiary/aromatic N) is 2. The number of nitro groups is 1. The molecule has 0 radical (unpaired) electrons. The van der Waals surface area contributed by atoms with Crippen LogP contribution in [0.15, 0.2) is 12.1 Å². The number of ether oxygens (including phenoxy) is 3. The highest BCUT2D eigenvalue weighted by Crippen LogP contribution is 2.35. The van der Waals surface area contributed by atoms with Crippen LogP contribution in [0.2, 0.25) is 0 Å². The fourth-order valence-corrected chi connectivity index (χ4v) is 2.88. The van der Waals surface area contributed by atoms with Gasteiger partial charge in [-0.25, -0.2) is 4.79 Å². The van der Waals surface area contributed by atoms with Gasteiger partial charge in [-0.15, -0.1) is 0 Å². The van der Waals surface area contributed by atoms with Gasteiger partial charge in [0.15, 0.2) is 17.6 Å². The van der Waals surface area contributed by atoms with Crippen molar-refractivity contribution in [1.82, 2.24) is 4.90 Å². The molecule has 0 bridgehead atoms. The van der Waals surface area contributed by atoms with Crippen molar-refractivity contribution < 1.29 is 28.7 Å². The maximum absolute atomic E-state index is 12.6. The highest BCUT2D eigenvalue weighted by atomic mass is 16.6. The van der Waals surface area contributed by atoms with Crippen molar-refractivity contribution in [2.75, 3.05) is 13.7 Å². The average Bonchev–Trinajstić information content (AvgIpc) is 2.60. The summed E-state index contributed by atoms with van der Waals surface area (Å²) in [5.41, 5.74) is -0.802. The molecule has 9 heteroatoms. The summed E-state index contributed by atoms with van der Waals surface area (Å²) in [7, 11) is 1.36. The molecule has 0 aliphatic rings. The number of nitro benzene ring substituents is 1. The van der Waals surface area contributed by atoms with E-state index in [0.29, 0.717) is 0 Å². The Kier molecular flexibility index (Phi) is 8.21. The van der Waals surface area contributed by atoms with Gasteiger partial charge in [0.25, 0.3) is 11.6 Å². The Balaban J connectivity index is 3.20. The largest absolute Gasteiger partial charge is 0.493 e. The Labute approximate surface area is 164 Å². The smallest absolute Gasteiger partial charge is 0.346 e. The maximum atomic E-state index is 12.6. The number of carbonyl (C=O) groups excluding carboxylic acids is 2. The lowest BCUT2D eigenvalue weighted by Crippen LogP contribution is -2.47. The van der Waals surface area contributed by atoms with Crippen LogP contribution in [-0.4, -0.2) is 53.6 Å². The minimum absolute atomic E-state index is 0.0893. The van der Waals surface area contributed by atoms with E-state index in [2.05, 4.69) is 0 Å². The molecule has 9 nitrogen and oxygen atoms in total. The molecule has 1 rings (SSSR count). The quantitative estimate of drug-likeness (QED) is 0.358. The lowest BCUT2D eigenvalue weighted by atomic mass is 10.1. The van der Waals surface area contributed by atoms with Crippen LogP contribution in [0.5, 0.6) is 11.5 Å². The Morgan fingerprint density at radius 3 is 2.11 bits per heavy atom. The third-order valence-electron chi connectivity index (χ3n) is 4.00. The summed E-state index contributed by atoms with van der Waals surface area (Å²) in [6.07, 6.45) is -1.10. The first kappa shape index (κ1) is 23.2. The van der Waals surface area contributed by atoms with Gasteiger partial charge in [0, 0.05) is 18.2 Å². The Hall–Kier alpha value is -2.84. The van der Waals surface area contributed by atoms with Crippen LogP contribution in [0.25, 0.3) is 0 Å². The normalized spacial score (nSPS) is 11.9. The summed E-state index contributed by atoms with van der Waals surface area (Å²) in [4.78, 5) is 37.5. The first-order valence-electron chi connectivity index (χ1n) is 9.07. The average molecular weight is 396 g/mol. The number of benzene rings is 1. The highest BCUT2D eigenvalue weighted by Gasteiger charge is 2.31. The first-order chi connectivity index (χ1) is 13.0. The van der Waals surface area contributed by atoms with Crippen molar-refractivity contribution in [2.45, 2.75) is 59.7 Å². The maximum Gasteiger partial charge on any atom is 0.346 e. The van der Waals surface area contributed by atoms with Gasteiger partial charge in [0.2, 0.25) is 0 Å². The molecule has 0 aliphatic carbocycles. The third kappa shape index (κ3) is 5.34. The van der Waals surface area contributed by atoms with Crippen LogP contribution in [0, 0.1) is 10.1 Å². The van der Waals surface area contributed by atoms with E-state index in [1.807, 2.05) is 27.7 Å².